The number of hydrogen-bond donors (Lipinski definition) is 1. The topological polar surface area (TPSA) is 12.9 Å². The van der Waals surface area contributed by atoms with Gasteiger partial charge in [-0.1, -0.05) is 6.07 Å². The summed E-state index contributed by atoms with van der Waals surface area (Å²) in [4.78, 5) is 4.22. The van der Waals surface area contributed by atoms with Gasteiger partial charge in [0.15, 0.2) is 0 Å². The minimum atomic E-state index is 0.724. The molecule has 0 aliphatic carbocycles. The van der Waals surface area contributed by atoms with E-state index in [1.54, 1.807) is 0 Å². The van der Waals surface area contributed by atoms with Gasteiger partial charge in [-0.3, -0.25) is 4.98 Å². The molecule has 0 aliphatic heterocycles. The standard InChI is InChI=1S/C7H9NS/c1-6-3-2-4-7(5-9)8-6/h2-4,9H,5H2,1H3. The third-order valence-corrected chi connectivity index (χ3v) is 1.43. The molecule has 0 atom stereocenters. The van der Waals surface area contributed by atoms with Crippen molar-refractivity contribution in [1.82, 2.24) is 4.98 Å². The van der Waals surface area contributed by atoms with Crippen molar-refractivity contribution in [2.24, 2.45) is 0 Å². The summed E-state index contributed by atoms with van der Waals surface area (Å²) in [6.45, 7) is 1.98. The van der Waals surface area contributed by atoms with E-state index in [2.05, 4.69) is 17.6 Å². The van der Waals surface area contributed by atoms with Crippen LogP contribution in [0.2, 0.25) is 0 Å². The molecule has 0 amide bonds. The summed E-state index contributed by atoms with van der Waals surface area (Å²) < 4.78 is 0. The molecule has 9 heavy (non-hydrogen) atoms. The lowest BCUT2D eigenvalue weighted by Gasteiger charge is -1.94. The van der Waals surface area contributed by atoms with Crippen molar-refractivity contribution < 1.29 is 0 Å². The largest absolute Gasteiger partial charge is 0.257 e. The average Bonchev–Trinajstić information content (AvgIpc) is 1.88. The molecule has 1 aromatic rings. The minimum Gasteiger partial charge on any atom is -0.257 e. The maximum atomic E-state index is 4.22. The fourth-order valence-corrected chi connectivity index (χ4v) is 0.864. The minimum absolute atomic E-state index is 0.724. The van der Waals surface area contributed by atoms with E-state index in [1.807, 2.05) is 25.1 Å². The molecular formula is C7H9NS. The van der Waals surface area contributed by atoms with Crippen molar-refractivity contribution in [3.8, 4) is 0 Å². The van der Waals surface area contributed by atoms with E-state index < -0.39 is 0 Å². The van der Waals surface area contributed by atoms with Crippen molar-refractivity contribution in [3.05, 3.63) is 29.6 Å². The zero-order valence-electron chi connectivity index (χ0n) is 5.33. The maximum absolute atomic E-state index is 4.22. The molecule has 1 nitrogen and oxygen atoms in total. The highest BCUT2D eigenvalue weighted by Crippen LogP contribution is 1.99. The summed E-state index contributed by atoms with van der Waals surface area (Å²) in [5, 5.41) is 0. The smallest absolute Gasteiger partial charge is 0.0503 e. The Morgan fingerprint density at radius 1 is 1.56 bits per heavy atom. The molecule has 1 aromatic heterocycles. The molecule has 0 saturated carbocycles. The van der Waals surface area contributed by atoms with Gasteiger partial charge in [0.1, 0.15) is 0 Å². The Bertz CT molecular complexity index is 198. The second kappa shape index (κ2) is 2.87. The van der Waals surface area contributed by atoms with E-state index in [0.717, 1.165) is 17.1 Å². The van der Waals surface area contributed by atoms with E-state index in [1.165, 1.54) is 0 Å². The fourth-order valence-electron chi connectivity index (χ4n) is 0.688. The van der Waals surface area contributed by atoms with Gasteiger partial charge in [0, 0.05) is 11.4 Å². The van der Waals surface area contributed by atoms with Crippen molar-refractivity contribution in [2.75, 3.05) is 0 Å². The quantitative estimate of drug-likeness (QED) is 0.585. The van der Waals surface area contributed by atoms with Crippen LogP contribution in [0.25, 0.3) is 0 Å². The number of hydrogen-bond acceptors (Lipinski definition) is 2. The first-order valence-corrected chi connectivity index (χ1v) is 3.49. The molecule has 0 bridgehead atoms. The van der Waals surface area contributed by atoms with Crippen LogP contribution in [-0.4, -0.2) is 4.98 Å². The summed E-state index contributed by atoms with van der Waals surface area (Å²) >= 11 is 4.09. The van der Waals surface area contributed by atoms with E-state index in [-0.39, 0.29) is 0 Å². The van der Waals surface area contributed by atoms with E-state index >= 15 is 0 Å². The van der Waals surface area contributed by atoms with Gasteiger partial charge < -0.3 is 0 Å². The fraction of sp³-hybridized carbons (Fsp3) is 0.286. The second-order valence-electron chi connectivity index (χ2n) is 1.93. The lowest BCUT2D eigenvalue weighted by molar-refractivity contribution is 1.11. The first-order valence-electron chi connectivity index (χ1n) is 2.86. The van der Waals surface area contributed by atoms with Crippen molar-refractivity contribution in [2.45, 2.75) is 12.7 Å². The van der Waals surface area contributed by atoms with Crippen LogP contribution in [0.1, 0.15) is 11.4 Å². The Morgan fingerprint density at radius 2 is 2.33 bits per heavy atom. The van der Waals surface area contributed by atoms with Gasteiger partial charge in [-0.2, -0.15) is 12.6 Å². The maximum Gasteiger partial charge on any atom is 0.0503 e. The number of nitrogens with zero attached hydrogens (tertiary/aromatic N) is 1. The van der Waals surface area contributed by atoms with Gasteiger partial charge in [-0.25, -0.2) is 0 Å². The summed E-state index contributed by atoms with van der Waals surface area (Å²) in [6.07, 6.45) is 0. The third kappa shape index (κ3) is 1.72. The van der Waals surface area contributed by atoms with Crippen LogP contribution >= 0.6 is 12.6 Å². The molecule has 0 fully saturated rings. The predicted molar refractivity (Wildman–Crippen MR) is 41.7 cm³/mol. The second-order valence-corrected chi connectivity index (χ2v) is 2.24. The molecule has 1 rings (SSSR count). The SMILES string of the molecule is Cc1cccc(CS)n1. The highest BCUT2D eigenvalue weighted by molar-refractivity contribution is 7.79. The van der Waals surface area contributed by atoms with Crippen LogP contribution in [0.4, 0.5) is 0 Å². The first kappa shape index (κ1) is 6.62. The lowest BCUT2D eigenvalue weighted by atomic mass is 10.3. The summed E-state index contributed by atoms with van der Waals surface area (Å²) in [5.41, 5.74) is 2.10. The number of aryl methyl sites for hydroxylation is 1. The molecule has 0 aliphatic rings. The molecule has 2 heteroatoms. The van der Waals surface area contributed by atoms with Crippen LogP contribution in [0.5, 0.6) is 0 Å². The molecule has 0 N–H and O–H groups in total. The van der Waals surface area contributed by atoms with Crippen molar-refractivity contribution in [1.29, 1.82) is 0 Å². The number of rotatable bonds is 1. The molecule has 0 radical (unpaired) electrons. The summed E-state index contributed by atoms with van der Waals surface area (Å²) in [7, 11) is 0. The highest BCUT2D eigenvalue weighted by Gasteiger charge is 1.87. The van der Waals surface area contributed by atoms with Gasteiger partial charge >= 0.3 is 0 Å². The Morgan fingerprint density at radius 3 is 2.78 bits per heavy atom. The summed E-state index contributed by atoms with van der Waals surface area (Å²) in [5.74, 6) is 0.724. The van der Waals surface area contributed by atoms with Crippen LogP contribution < -0.4 is 0 Å². The molecule has 48 valence electrons. The first-order chi connectivity index (χ1) is 4.33. The molecular weight excluding hydrogens is 130 g/mol. The Hall–Kier alpha value is -0.500. The van der Waals surface area contributed by atoms with Crippen LogP contribution in [0.15, 0.2) is 18.2 Å². The van der Waals surface area contributed by atoms with E-state index in [4.69, 9.17) is 0 Å². The normalized spacial score (nSPS) is 9.56. The molecule has 0 spiro atoms. The number of pyridine rings is 1. The van der Waals surface area contributed by atoms with Crippen LogP contribution in [0, 0.1) is 6.92 Å². The van der Waals surface area contributed by atoms with Crippen LogP contribution in [-0.2, 0) is 5.75 Å². The van der Waals surface area contributed by atoms with Gasteiger partial charge in [-0.15, -0.1) is 0 Å². The highest BCUT2D eigenvalue weighted by atomic mass is 32.1. The van der Waals surface area contributed by atoms with Crippen molar-refractivity contribution in [3.63, 3.8) is 0 Å². The molecule has 1 heterocycles. The van der Waals surface area contributed by atoms with Gasteiger partial charge in [0.05, 0.1) is 5.69 Å². The van der Waals surface area contributed by atoms with Crippen LogP contribution in [0.3, 0.4) is 0 Å². The molecule has 0 unspecified atom stereocenters. The van der Waals surface area contributed by atoms with Gasteiger partial charge in [0.2, 0.25) is 0 Å². The number of aromatic nitrogens is 1. The lowest BCUT2D eigenvalue weighted by Crippen LogP contribution is -1.85. The zero-order valence-corrected chi connectivity index (χ0v) is 6.23. The third-order valence-electron chi connectivity index (χ3n) is 1.11. The predicted octanol–water partition coefficient (Wildman–Crippen LogP) is 1.82. The Kier molecular flexibility index (Phi) is 2.11. The Labute approximate surface area is 60.5 Å². The Balaban J connectivity index is 2.94. The zero-order chi connectivity index (χ0) is 6.69. The van der Waals surface area contributed by atoms with Gasteiger partial charge in [0.25, 0.3) is 0 Å². The van der Waals surface area contributed by atoms with Gasteiger partial charge in [-0.05, 0) is 19.1 Å². The molecule has 0 saturated heterocycles. The van der Waals surface area contributed by atoms with E-state index in [9.17, 15) is 0 Å². The van der Waals surface area contributed by atoms with Crippen molar-refractivity contribution >= 4 is 12.6 Å². The monoisotopic (exact) mass is 139 g/mol. The summed E-state index contributed by atoms with van der Waals surface area (Å²) in [6, 6.07) is 5.95. The van der Waals surface area contributed by atoms with E-state index in [0.29, 0.717) is 0 Å². The number of thiol groups is 1. The molecule has 0 aromatic carbocycles. The average molecular weight is 139 g/mol.